The molecule has 8 heteroatoms. The van der Waals surface area contributed by atoms with Gasteiger partial charge in [0.2, 0.25) is 0 Å². The first kappa shape index (κ1) is 29.0. The number of esters is 1. The van der Waals surface area contributed by atoms with Gasteiger partial charge in [-0.3, -0.25) is 4.79 Å². The van der Waals surface area contributed by atoms with E-state index in [2.05, 4.69) is 23.9 Å². The van der Waals surface area contributed by atoms with Crippen molar-refractivity contribution in [3.8, 4) is 11.8 Å². The predicted octanol–water partition coefficient (Wildman–Crippen LogP) is 1.40. The van der Waals surface area contributed by atoms with Crippen LogP contribution in [0.25, 0.3) is 0 Å². The Morgan fingerprint density at radius 2 is 2.03 bits per heavy atom. The summed E-state index contributed by atoms with van der Waals surface area (Å²) in [4.78, 5) is 17.6. The molecule has 1 heterocycles. The molecule has 5 N–H and O–H groups in total. The number of rotatable bonds is 6. The number of allylic oxidation sites excluding steroid dienone is 1. The summed E-state index contributed by atoms with van der Waals surface area (Å²) in [6, 6.07) is 0. The second-order valence-corrected chi connectivity index (χ2v) is 8.29. The number of aliphatic hydroxyl groups is 4. The fraction of sp³-hybridized carbons (Fsp3) is 0.640. The lowest BCUT2D eigenvalue weighted by atomic mass is 9.89. The standard InChI is InChI=1S/C25H39NO7/c1-17-14-15-22(29)24(30)21(28)13-10-11-18(2)23(25(31)33-19(17)3)20(27)12-8-6-5-7-9-16-26-32-4/h8,12,14-15,17,19-24,26-30H,2,6,9-11,13,16H2,1,3-4H3/b12-8-,15-14-/t17?,19-,20?,21-,22?,23?,24?/m0/s1. The Morgan fingerprint density at radius 3 is 2.73 bits per heavy atom. The SMILES string of the molecule is C=C1CCC[C@H](O)C(O)C(O)/C=C\C(C)[C@H](C)OC(=O)C1C(O)/C=C\CC#CCCNOC. The van der Waals surface area contributed by atoms with E-state index in [1.807, 2.05) is 0 Å². The summed E-state index contributed by atoms with van der Waals surface area (Å²) in [5.74, 6) is 4.11. The van der Waals surface area contributed by atoms with Crippen LogP contribution >= 0.6 is 0 Å². The molecule has 33 heavy (non-hydrogen) atoms. The molecule has 0 saturated heterocycles. The number of hydrogen-bond acceptors (Lipinski definition) is 8. The van der Waals surface area contributed by atoms with Crippen LogP contribution in [0.3, 0.4) is 0 Å². The molecule has 1 aliphatic rings. The summed E-state index contributed by atoms with van der Waals surface area (Å²) >= 11 is 0. The van der Waals surface area contributed by atoms with E-state index in [1.165, 1.54) is 19.3 Å². The number of cyclic esters (lactones) is 1. The molecule has 7 atom stereocenters. The minimum absolute atomic E-state index is 0.207. The number of carbonyl (C=O) groups excluding carboxylic acids is 1. The van der Waals surface area contributed by atoms with Crippen molar-refractivity contribution in [1.29, 1.82) is 0 Å². The van der Waals surface area contributed by atoms with Gasteiger partial charge in [0.05, 0.1) is 19.3 Å². The molecule has 0 aromatic rings. The number of ether oxygens (including phenoxy) is 1. The summed E-state index contributed by atoms with van der Waals surface area (Å²) in [6.07, 6.45) is 2.91. The van der Waals surface area contributed by atoms with Gasteiger partial charge in [0.1, 0.15) is 24.2 Å². The Kier molecular flexibility index (Phi) is 13.9. The predicted molar refractivity (Wildman–Crippen MR) is 126 cm³/mol. The molecule has 0 fully saturated rings. The van der Waals surface area contributed by atoms with E-state index in [0.29, 0.717) is 37.8 Å². The maximum atomic E-state index is 12.9. The van der Waals surface area contributed by atoms with Crippen LogP contribution in [0.1, 0.15) is 46.0 Å². The van der Waals surface area contributed by atoms with E-state index in [0.717, 1.165) is 0 Å². The van der Waals surface area contributed by atoms with Crippen molar-refractivity contribution in [1.82, 2.24) is 5.48 Å². The molecule has 0 saturated carbocycles. The molecule has 5 unspecified atom stereocenters. The minimum atomic E-state index is -1.32. The van der Waals surface area contributed by atoms with E-state index in [4.69, 9.17) is 9.57 Å². The van der Waals surface area contributed by atoms with Crippen LogP contribution in [-0.2, 0) is 14.4 Å². The highest BCUT2D eigenvalue weighted by Crippen LogP contribution is 2.25. The van der Waals surface area contributed by atoms with E-state index in [1.54, 1.807) is 26.0 Å². The van der Waals surface area contributed by atoms with Gasteiger partial charge in [-0.2, -0.15) is 0 Å². The molecule has 0 aromatic heterocycles. The second-order valence-electron chi connectivity index (χ2n) is 8.29. The molecule has 1 aliphatic heterocycles. The highest BCUT2D eigenvalue weighted by molar-refractivity contribution is 5.77. The molecule has 0 spiro atoms. The Balaban J connectivity index is 2.91. The number of hydrogen-bond donors (Lipinski definition) is 5. The summed E-state index contributed by atoms with van der Waals surface area (Å²) < 4.78 is 5.59. The zero-order valence-corrected chi connectivity index (χ0v) is 19.8. The van der Waals surface area contributed by atoms with Crippen molar-refractivity contribution < 1.29 is 34.8 Å². The molecule has 0 aliphatic carbocycles. The van der Waals surface area contributed by atoms with Gasteiger partial charge in [0.15, 0.2) is 0 Å². The van der Waals surface area contributed by atoms with Crippen LogP contribution in [0.2, 0.25) is 0 Å². The molecule has 8 nitrogen and oxygen atoms in total. The lowest BCUT2D eigenvalue weighted by Gasteiger charge is -2.27. The van der Waals surface area contributed by atoms with Crippen molar-refractivity contribution in [2.24, 2.45) is 11.8 Å². The molecule has 0 amide bonds. The van der Waals surface area contributed by atoms with Crippen molar-refractivity contribution in [3.63, 3.8) is 0 Å². The third-order valence-electron chi connectivity index (χ3n) is 5.61. The highest BCUT2D eigenvalue weighted by atomic mass is 16.6. The Hall–Kier alpha value is -1.99. The van der Waals surface area contributed by atoms with Crippen LogP contribution in [-0.4, -0.2) is 70.6 Å². The number of carbonyl (C=O) groups is 1. The Labute approximate surface area is 196 Å². The van der Waals surface area contributed by atoms with Crippen molar-refractivity contribution in [3.05, 3.63) is 36.5 Å². The van der Waals surface area contributed by atoms with Crippen LogP contribution in [0.4, 0.5) is 0 Å². The number of aliphatic hydroxyl groups excluding tert-OH is 4. The lowest BCUT2D eigenvalue weighted by molar-refractivity contribution is -0.156. The number of nitrogens with one attached hydrogen (secondary N) is 1. The van der Waals surface area contributed by atoms with E-state index in [9.17, 15) is 25.2 Å². The average Bonchev–Trinajstić information content (AvgIpc) is 2.77. The maximum absolute atomic E-state index is 12.9. The molecule has 186 valence electrons. The summed E-state index contributed by atoms with van der Waals surface area (Å²) in [5, 5.41) is 41.1. The lowest BCUT2D eigenvalue weighted by Crippen LogP contribution is -2.37. The highest BCUT2D eigenvalue weighted by Gasteiger charge is 2.32. The van der Waals surface area contributed by atoms with Gasteiger partial charge < -0.3 is 30.0 Å². The Bertz CT molecular complexity index is 724. The molecular weight excluding hydrogens is 426 g/mol. The molecule has 0 bridgehead atoms. The van der Waals surface area contributed by atoms with Crippen molar-refractivity contribution >= 4 is 5.97 Å². The third-order valence-corrected chi connectivity index (χ3v) is 5.61. The van der Waals surface area contributed by atoms with Gasteiger partial charge in [-0.05, 0) is 26.2 Å². The topological polar surface area (TPSA) is 128 Å². The molecule has 1 rings (SSSR count). The molecule has 0 aromatic carbocycles. The van der Waals surface area contributed by atoms with Crippen LogP contribution in [0.15, 0.2) is 36.5 Å². The average molecular weight is 466 g/mol. The first-order valence-corrected chi connectivity index (χ1v) is 11.4. The van der Waals surface area contributed by atoms with Gasteiger partial charge in [-0.1, -0.05) is 49.3 Å². The monoisotopic (exact) mass is 465 g/mol. The zero-order chi connectivity index (χ0) is 24.8. The molecule has 0 radical (unpaired) electrons. The molecular formula is C25H39NO7. The summed E-state index contributed by atoms with van der Waals surface area (Å²) in [6.45, 7) is 8.11. The minimum Gasteiger partial charge on any atom is -0.462 e. The Morgan fingerprint density at radius 1 is 1.30 bits per heavy atom. The van der Waals surface area contributed by atoms with Gasteiger partial charge >= 0.3 is 5.97 Å². The van der Waals surface area contributed by atoms with Crippen LogP contribution in [0.5, 0.6) is 0 Å². The smallest absolute Gasteiger partial charge is 0.316 e. The summed E-state index contributed by atoms with van der Waals surface area (Å²) in [7, 11) is 1.54. The fourth-order valence-corrected chi connectivity index (χ4v) is 3.32. The zero-order valence-electron chi connectivity index (χ0n) is 19.8. The first-order chi connectivity index (χ1) is 15.7. The van der Waals surface area contributed by atoms with Gasteiger partial charge in [-0.25, -0.2) is 5.48 Å². The third kappa shape index (κ3) is 10.7. The number of hydroxylamine groups is 1. The van der Waals surface area contributed by atoms with E-state index < -0.39 is 42.4 Å². The second kappa shape index (κ2) is 15.8. The van der Waals surface area contributed by atoms with Gasteiger partial charge in [-0.15, -0.1) is 5.92 Å². The van der Waals surface area contributed by atoms with Crippen LogP contribution < -0.4 is 5.48 Å². The quantitative estimate of drug-likeness (QED) is 0.131. The van der Waals surface area contributed by atoms with Crippen LogP contribution in [0, 0.1) is 23.7 Å². The van der Waals surface area contributed by atoms with Gasteiger partial charge in [0, 0.05) is 25.3 Å². The van der Waals surface area contributed by atoms with E-state index >= 15 is 0 Å². The largest absolute Gasteiger partial charge is 0.462 e. The fourth-order valence-electron chi connectivity index (χ4n) is 3.32. The maximum Gasteiger partial charge on any atom is 0.316 e. The summed E-state index contributed by atoms with van der Waals surface area (Å²) in [5.41, 5.74) is 3.17. The van der Waals surface area contributed by atoms with Gasteiger partial charge in [0.25, 0.3) is 0 Å². The van der Waals surface area contributed by atoms with Crippen molar-refractivity contribution in [2.75, 3.05) is 13.7 Å². The first-order valence-electron chi connectivity index (χ1n) is 11.4. The normalized spacial score (nSPS) is 31.8. The van der Waals surface area contributed by atoms with Crippen molar-refractivity contribution in [2.45, 2.75) is 76.5 Å². The van der Waals surface area contributed by atoms with E-state index in [-0.39, 0.29) is 12.3 Å².